The Morgan fingerprint density at radius 1 is 0.720 bits per heavy atom. The van der Waals surface area contributed by atoms with Crippen molar-refractivity contribution in [3.05, 3.63) is 72.8 Å². The van der Waals surface area contributed by atoms with E-state index in [1.807, 2.05) is 0 Å². The summed E-state index contributed by atoms with van der Waals surface area (Å²) in [6.45, 7) is 4.58. The lowest BCUT2D eigenvalue weighted by Crippen LogP contribution is -2.31. The molecule has 1 nitrogen and oxygen atoms in total. The third-order valence-electron chi connectivity index (χ3n) is 4.94. The summed E-state index contributed by atoms with van der Waals surface area (Å²) in [5, 5.41) is 2.65. The number of hydrogen-bond acceptors (Lipinski definition) is 1. The van der Waals surface area contributed by atoms with E-state index in [1.165, 1.54) is 54.3 Å². The maximum Gasteiger partial charge on any atom is 0.0493 e. The fourth-order valence-corrected chi connectivity index (χ4v) is 3.73. The highest BCUT2D eigenvalue weighted by molar-refractivity contribution is 5.96. The second-order valence-electron chi connectivity index (χ2n) is 6.79. The van der Waals surface area contributed by atoms with Crippen molar-refractivity contribution in [2.45, 2.75) is 52.0 Å². The van der Waals surface area contributed by atoms with Gasteiger partial charge in [0.05, 0.1) is 0 Å². The molecule has 0 saturated carbocycles. The van der Waals surface area contributed by atoms with Crippen LogP contribution in [0.25, 0.3) is 10.8 Å². The summed E-state index contributed by atoms with van der Waals surface area (Å²) in [5.41, 5.74) is 2.63. The SMILES string of the molecule is CCCCC(CCC)N(c1ccccc1)c1cccc2ccccc12. The van der Waals surface area contributed by atoms with Crippen molar-refractivity contribution in [3.63, 3.8) is 0 Å². The van der Waals surface area contributed by atoms with Gasteiger partial charge in [-0.3, -0.25) is 0 Å². The molecule has 25 heavy (non-hydrogen) atoms. The second-order valence-corrected chi connectivity index (χ2v) is 6.79. The maximum atomic E-state index is 2.58. The van der Waals surface area contributed by atoms with Crippen LogP contribution < -0.4 is 4.90 Å². The number of nitrogens with zero attached hydrogens (tertiary/aromatic N) is 1. The first-order valence-corrected chi connectivity index (χ1v) is 9.67. The third kappa shape index (κ3) is 4.04. The van der Waals surface area contributed by atoms with Gasteiger partial charge < -0.3 is 4.90 Å². The average Bonchev–Trinajstić information content (AvgIpc) is 2.67. The van der Waals surface area contributed by atoms with Gasteiger partial charge in [0.2, 0.25) is 0 Å². The molecule has 3 aromatic rings. The Bertz CT molecular complexity index is 773. The van der Waals surface area contributed by atoms with Crippen LogP contribution in [0.5, 0.6) is 0 Å². The summed E-state index contributed by atoms with van der Waals surface area (Å²) in [5.74, 6) is 0. The van der Waals surface area contributed by atoms with Crippen LogP contribution in [0.3, 0.4) is 0 Å². The van der Waals surface area contributed by atoms with Crippen molar-refractivity contribution in [1.29, 1.82) is 0 Å². The van der Waals surface area contributed by atoms with Gasteiger partial charge in [0.25, 0.3) is 0 Å². The first-order valence-electron chi connectivity index (χ1n) is 9.67. The molecule has 0 aliphatic carbocycles. The van der Waals surface area contributed by atoms with E-state index in [9.17, 15) is 0 Å². The first kappa shape index (κ1) is 17.5. The molecule has 0 heterocycles. The second kappa shape index (κ2) is 8.71. The minimum Gasteiger partial charge on any atom is -0.338 e. The van der Waals surface area contributed by atoms with Crippen LogP contribution in [0.1, 0.15) is 46.0 Å². The molecule has 0 amide bonds. The van der Waals surface area contributed by atoms with Gasteiger partial charge in [-0.1, -0.05) is 87.7 Å². The van der Waals surface area contributed by atoms with E-state index in [2.05, 4.69) is 91.5 Å². The molecule has 0 bridgehead atoms. The van der Waals surface area contributed by atoms with Crippen LogP contribution >= 0.6 is 0 Å². The monoisotopic (exact) mass is 331 g/mol. The molecule has 0 spiro atoms. The van der Waals surface area contributed by atoms with Gasteiger partial charge in [-0.25, -0.2) is 0 Å². The highest BCUT2D eigenvalue weighted by Crippen LogP contribution is 2.36. The van der Waals surface area contributed by atoms with Crippen LogP contribution in [-0.2, 0) is 0 Å². The van der Waals surface area contributed by atoms with E-state index in [1.54, 1.807) is 0 Å². The van der Waals surface area contributed by atoms with Gasteiger partial charge in [0, 0.05) is 22.8 Å². The van der Waals surface area contributed by atoms with E-state index in [4.69, 9.17) is 0 Å². The number of rotatable bonds is 8. The minimum absolute atomic E-state index is 0.540. The molecule has 1 atom stereocenters. The molecule has 0 aliphatic heterocycles. The van der Waals surface area contributed by atoms with Crippen LogP contribution in [0.2, 0.25) is 0 Å². The fraction of sp³-hybridized carbons (Fsp3) is 0.333. The molecule has 0 N–H and O–H groups in total. The van der Waals surface area contributed by atoms with Gasteiger partial charge in [-0.2, -0.15) is 0 Å². The van der Waals surface area contributed by atoms with E-state index < -0.39 is 0 Å². The molecule has 1 heteroatoms. The lowest BCUT2D eigenvalue weighted by Gasteiger charge is -2.35. The van der Waals surface area contributed by atoms with Crippen molar-refractivity contribution in [2.24, 2.45) is 0 Å². The zero-order chi connectivity index (χ0) is 17.5. The summed E-state index contributed by atoms with van der Waals surface area (Å²) in [6.07, 6.45) is 6.19. The van der Waals surface area contributed by atoms with Crippen LogP contribution in [0, 0.1) is 0 Å². The summed E-state index contributed by atoms with van der Waals surface area (Å²) in [7, 11) is 0. The van der Waals surface area contributed by atoms with Gasteiger partial charge in [-0.15, -0.1) is 0 Å². The van der Waals surface area contributed by atoms with E-state index >= 15 is 0 Å². The summed E-state index contributed by atoms with van der Waals surface area (Å²) < 4.78 is 0. The molecule has 130 valence electrons. The Balaban J connectivity index is 2.12. The van der Waals surface area contributed by atoms with Crippen LogP contribution in [-0.4, -0.2) is 6.04 Å². The number of unbranched alkanes of at least 4 members (excludes halogenated alkanes) is 1. The van der Waals surface area contributed by atoms with Gasteiger partial charge in [0.1, 0.15) is 0 Å². The van der Waals surface area contributed by atoms with E-state index in [0.29, 0.717) is 6.04 Å². The van der Waals surface area contributed by atoms with E-state index in [-0.39, 0.29) is 0 Å². The molecule has 3 rings (SSSR count). The molecular formula is C24H29N. The summed E-state index contributed by atoms with van der Waals surface area (Å²) >= 11 is 0. The quantitative estimate of drug-likeness (QED) is 0.417. The fourth-order valence-electron chi connectivity index (χ4n) is 3.73. The first-order chi connectivity index (χ1) is 12.3. The van der Waals surface area contributed by atoms with Gasteiger partial charge in [-0.05, 0) is 36.4 Å². The topological polar surface area (TPSA) is 3.24 Å². The Kier molecular flexibility index (Phi) is 6.11. The Labute approximate surface area is 152 Å². The summed E-state index contributed by atoms with van der Waals surface area (Å²) in [4.78, 5) is 2.58. The predicted octanol–water partition coefficient (Wildman–Crippen LogP) is 7.34. The van der Waals surface area contributed by atoms with Crippen LogP contribution in [0.15, 0.2) is 72.8 Å². The number of para-hydroxylation sites is 1. The van der Waals surface area contributed by atoms with Crippen molar-refractivity contribution in [3.8, 4) is 0 Å². The number of hydrogen-bond donors (Lipinski definition) is 0. The van der Waals surface area contributed by atoms with Gasteiger partial charge in [0.15, 0.2) is 0 Å². The third-order valence-corrected chi connectivity index (χ3v) is 4.94. The molecule has 0 saturated heterocycles. The Hall–Kier alpha value is -2.28. The lowest BCUT2D eigenvalue weighted by atomic mass is 9.99. The normalized spacial score (nSPS) is 12.2. The van der Waals surface area contributed by atoms with Crippen molar-refractivity contribution >= 4 is 22.1 Å². The smallest absolute Gasteiger partial charge is 0.0493 e. The highest BCUT2D eigenvalue weighted by atomic mass is 15.2. The van der Waals surface area contributed by atoms with Crippen molar-refractivity contribution < 1.29 is 0 Å². The molecular weight excluding hydrogens is 302 g/mol. The predicted molar refractivity (Wildman–Crippen MR) is 111 cm³/mol. The molecule has 1 unspecified atom stereocenters. The molecule has 0 fully saturated rings. The molecule has 0 aliphatic rings. The molecule has 0 aromatic heterocycles. The Morgan fingerprint density at radius 2 is 1.44 bits per heavy atom. The van der Waals surface area contributed by atoms with Crippen molar-refractivity contribution in [2.75, 3.05) is 4.90 Å². The van der Waals surface area contributed by atoms with Crippen molar-refractivity contribution in [1.82, 2.24) is 0 Å². The van der Waals surface area contributed by atoms with Crippen LogP contribution in [0.4, 0.5) is 11.4 Å². The van der Waals surface area contributed by atoms with Gasteiger partial charge >= 0.3 is 0 Å². The number of anilines is 2. The largest absolute Gasteiger partial charge is 0.338 e. The minimum atomic E-state index is 0.540. The molecule has 3 aromatic carbocycles. The standard InChI is InChI=1S/C24H29N/c1-3-5-15-21(12-4-2)25(22-16-7-6-8-17-22)24-19-11-14-20-13-9-10-18-23(20)24/h6-11,13-14,16-19,21H,3-5,12,15H2,1-2H3. The van der Waals surface area contributed by atoms with E-state index in [0.717, 1.165) is 0 Å². The molecule has 0 radical (unpaired) electrons. The maximum absolute atomic E-state index is 2.58. The zero-order valence-corrected chi connectivity index (χ0v) is 15.5. The summed E-state index contributed by atoms with van der Waals surface area (Å²) in [6, 6.07) is 26.9. The Morgan fingerprint density at radius 3 is 2.20 bits per heavy atom. The number of fused-ring (bicyclic) bond motifs is 1. The average molecular weight is 332 g/mol. The highest BCUT2D eigenvalue weighted by Gasteiger charge is 2.21. The number of benzene rings is 3. The lowest BCUT2D eigenvalue weighted by molar-refractivity contribution is 0.526. The zero-order valence-electron chi connectivity index (χ0n) is 15.5.